The van der Waals surface area contributed by atoms with Crippen molar-refractivity contribution in [2.24, 2.45) is 0 Å². The second-order valence-corrected chi connectivity index (χ2v) is 4.99. The Balaban J connectivity index is 2.22. The Bertz CT molecular complexity index is 535. The average Bonchev–Trinajstić information content (AvgIpc) is 2.35. The maximum atomic E-state index is 12.3. The van der Waals surface area contributed by atoms with Crippen LogP contribution in [-0.2, 0) is 0 Å². The first-order chi connectivity index (χ1) is 9.13. The van der Waals surface area contributed by atoms with Crippen LogP contribution in [0.5, 0.6) is 0 Å². The van der Waals surface area contributed by atoms with Crippen LogP contribution in [-0.4, -0.2) is 35.6 Å². The molecule has 1 fully saturated rings. The molecule has 0 aromatic heterocycles. The van der Waals surface area contributed by atoms with E-state index < -0.39 is 0 Å². The highest BCUT2D eigenvalue weighted by atomic mass is 16.2. The largest absolute Gasteiger partial charge is 0.384 e. The van der Waals surface area contributed by atoms with Gasteiger partial charge in [-0.1, -0.05) is 17.9 Å². The lowest BCUT2D eigenvalue weighted by molar-refractivity contribution is 0.0652. The molecule has 0 saturated heterocycles. The van der Waals surface area contributed by atoms with Gasteiger partial charge < -0.3 is 10.0 Å². The zero-order chi connectivity index (χ0) is 13.8. The molecule has 0 atom stereocenters. The number of hydrogen-bond donors (Lipinski definition) is 1. The third-order valence-corrected chi connectivity index (χ3v) is 3.73. The Hall–Kier alpha value is -1.79. The number of rotatable bonds is 2. The van der Waals surface area contributed by atoms with Crippen LogP contribution in [0.2, 0.25) is 0 Å². The van der Waals surface area contributed by atoms with E-state index >= 15 is 0 Å². The number of nitrogens with zero attached hydrogens (tertiary/aromatic N) is 1. The van der Waals surface area contributed by atoms with E-state index in [0.717, 1.165) is 24.0 Å². The predicted molar refractivity (Wildman–Crippen MR) is 74.9 cm³/mol. The monoisotopic (exact) mass is 257 g/mol. The number of carbonyl (C=O) groups is 1. The van der Waals surface area contributed by atoms with Gasteiger partial charge in [-0.3, -0.25) is 4.79 Å². The van der Waals surface area contributed by atoms with Crippen molar-refractivity contribution >= 4 is 5.91 Å². The first-order valence-electron chi connectivity index (χ1n) is 6.61. The maximum absolute atomic E-state index is 12.3. The molecule has 100 valence electrons. The molecule has 1 aliphatic rings. The van der Waals surface area contributed by atoms with E-state index in [4.69, 9.17) is 5.11 Å². The van der Waals surface area contributed by atoms with Gasteiger partial charge in [-0.25, -0.2) is 0 Å². The van der Waals surface area contributed by atoms with E-state index in [9.17, 15) is 4.79 Å². The molecule has 1 N–H and O–H groups in total. The summed E-state index contributed by atoms with van der Waals surface area (Å²) in [5.41, 5.74) is 2.49. The Morgan fingerprint density at radius 1 is 1.47 bits per heavy atom. The Kier molecular flexibility index (Phi) is 4.24. The molecule has 0 bridgehead atoms. The van der Waals surface area contributed by atoms with Gasteiger partial charge in [0.25, 0.3) is 5.91 Å². The van der Waals surface area contributed by atoms with Crippen LogP contribution >= 0.6 is 0 Å². The van der Waals surface area contributed by atoms with Gasteiger partial charge in [0.2, 0.25) is 0 Å². The van der Waals surface area contributed by atoms with Gasteiger partial charge in [0.05, 0.1) is 0 Å². The van der Waals surface area contributed by atoms with Gasteiger partial charge in [0.15, 0.2) is 0 Å². The summed E-state index contributed by atoms with van der Waals surface area (Å²) in [7, 11) is 1.87. The molecule has 3 heteroatoms. The normalized spacial score (nSPS) is 14.3. The van der Waals surface area contributed by atoms with E-state index in [0.29, 0.717) is 11.6 Å². The van der Waals surface area contributed by atoms with E-state index in [1.807, 2.05) is 37.1 Å². The average molecular weight is 257 g/mol. The van der Waals surface area contributed by atoms with Crippen molar-refractivity contribution < 1.29 is 9.90 Å². The number of aliphatic hydroxyl groups excluding tert-OH is 1. The van der Waals surface area contributed by atoms with Crippen LogP contribution < -0.4 is 0 Å². The predicted octanol–water partition coefficient (Wildman–Crippen LogP) is 1.96. The third kappa shape index (κ3) is 2.97. The SMILES string of the molecule is Cc1ccc(C(=O)N(C)C2CCC2)cc1C#CCO. The van der Waals surface area contributed by atoms with Crippen LogP contribution in [0, 0.1) is 18.8 Å². The number of carbonyl (C=O) groups excluding carboxylic acids is 1. The lowest BCUT2D eigenvalue weighted by atomic mass is 9.91. The molecule has 0 radical (unpaired) electrons. The minimum atomic E-state index is -0.167. The summed E-state index contributed by atoms with van der Waals surface area (Å²) in [5, 5.41) is 8.75. The van der Waals surface area contributed by atoms with Crippen molar-refractivity contribution in [2.45, 2.75) is 32.2 Å². The highest BCUT2D eigenvalue weighted by Crippen LogP contribution is 2.25. The van der Waals surface area contributed by atoms with Gasteiger partial charge in [-0.15, -0.1) is 0 Å². The van der Waals surface area contributed by atoms with Crippen LogP contribution in [0.1, 0.15) is 40.7 Å². The van der Waals surface area contributed by atoms with Crippen molar-refractivity contribution in [3.63, 3.8) is 0 Å². The number of aryl methyl sites for hydroxylation is 1. The smallest absolute Gasteiger partial charge is 0.253 e. The summed E-state index contributed by atoms with van der Waals surface area (Å²) in [6, 6.07) is 5.95. The van der Waals surface area contributed by atoms with Gasteiger partial charge in [0, 0.05) is 24.2 Å². The molecular formula is C16H19NO2. The summed E-state index contributed by atoms with van der Waals surface area (Å²) < 4.78 is 0. The second-order valence-electron chi connectivity index (χ2n) is 4.99. The molecule has 0 spiro atoms. The van der Waals surface area contributed by atoms with Gasteiger partial charge in [-0.2, -0.15) is 0 Å². The highest BCUT2D eigenvalue weighted by Gasteiger charge is 2.26. The molecule has 0 heterocycles. The molecule has 1 aromatic rings. The first kappa shape index (κ1) is 13.6. The summed E-state index contributed by atoms with van der Waals surface area (Å²) in [4.78, 5) is 14.2. The minimum Gasteiger partial charge on any atom is -0.384 e. The molecule has 19 heavy (non-hydrogen) atoms. The number of amides is 1. The minimum absolute atomic E-state index is 0.0525. The molecule has 0 unspecified atom stereocenters. The zero-order valence-electron chi connectivity index (χ0n) is 11.4. The van der Waals surface area contributed by atoms with Crippen LogP contribution in [0.15, 0.2) is 18.2 Å². The standard InChI is InChI=1S/C16H19NO2/c1-12-8-9-14(11-13(12)5-4-10-18)16(19)17(2)15-6-3-7-15/h8-9,11,15,18H,3,6-7,10H2,1-2H3. The molecule has 0 aliphatic heterocycles. The topological polar surface area (TPSA) is 40.5 Å². The van der Waals surface area contributed by atoms with Crippen LogP contribution in [0.4, 0.5) is 0 Å². The van der Waals surface area contributed by atoms with Crippen molar-refractivity contribution in [1.82, 2.24) is 4.90 Å². The zero-order valence-corrected chi connectivity index (χ0v) is 11.4. The van der Waals surface area contributed by atoms with Gasteiger partial charge in [0.1, 0.15) is 6.61 Å². The molecule has 1 saturated carbocycles. The van der Waals surface area contributed by atoms with Crippen molar-refractivity contribution in [1.29, 1.82) is 0 Å². The van der Waals surface area contributed by atoms with E-state index in [1.165, 1.54) is 6.42 Å². The fraction of sp³-hybridized carbons (Fsp3) is 0.438. The molecule has 3 nitrogen and oxygen atoms in total. The van der Waals surface area contributed by atoms with Crippen molar-refractivity contribution in [3.05, 3.63) is 34.9 Å². The quantitative estimate of drug-likeness (QED) is 0.823. The number of benzene rings is 1. The summed E-state index contributed by atoms with van der Waals surface area (Å²) in [6.45, 7) is 1.78. The molecule has 1 aliphatic carbocycles. The highest BCUT2D eigenvalue weighted by molar-refractivity contribution is 5.94. The van der Waals surface area contributed by atoms with Crippen LogP contribution in [0.3, 0.4) is 0 Å². The van der Waals surface area contributed by atoms with E-state index in [-0.39, 0.29) is 12.5 Å². The first-order valence-corrected chi connectivity index (χ1v) is 6.61. The fourth-order valence-electron chi connectivity index (χ4n) is 2.17. The number of hydrogen-bond acceptors (Lipinski definition) is 2. The van der Waals surface area contributed by atoms with Crippen molar-refractivity contribution in [2.75, 3.05) is 13.7 Å². The van der Waals surface area contributed by atoms with Crippen molar-refractivity contribution in [3.8, 4) is 11.8 Å². The maximum Gasteiger partial charge on any atom is 0.253 e. The fourth-order valence-corrected chi connectivity index (χ4v) is 2.17. The lowest BCUT2D eigenvalue weighted by Gasteiger charge is -2.34. The number of aliphatic hydroxyl groups is 1. The third-order valence-electron chi connectivity index (χ3n) is 3.73. The summed E-state index contributed by atoms with van der Waals surface area (Å²) >= 11 is 0. The molecule has 1 aromatic carbocycles. The second kappa shape index (κ2) is 5.90. The van der Waals surface area contributed by atoms with E-state index in [1.54, 1.807) is 0 Å². The van der Waals surface area contributed by atoms with Gasteiger partial charge >= 0.3 is 0 Å². The molecule has 2 rings (SSSR count). The summed E-state index contributed by atoms with van der Waals surface area (Å²) in [5.74, 6) is 5.56. The Morgan fingerprint density at radius 3 is 2.79 bits per heavy atom. The molecular weight excluding hydrogens is 238 g/mol. The van der Waals surface area contributed by atoms with Crippen LogP contribution in [0.25, 0.3) is 0 Å². The Labute approximate surface area is 114 Å². The lowest BCUT2D eigenvalue weighted by Crippen LogP contribution is -2.41. The molecule has 1 amide bonds. The van der Waals surface area contributed by atoms with Gasteiger partial charge in [-0.05, 0) is 43.9 Å². The van der Waals surface area contributed by atoms with E-state index in [2.05, 4.69) is 11.8 Å². The Morgan fingerprint density at radius 2 is 2.21 bits per heavy atom. The summed E-state index contributed by atoms with van der Waals surface area (Å²) in [6.07, 6.45) is 3.42.